The second-order valence-corrected chi connectivity index (χ2v) is 9.59. The minimum atomic E-state index is -3.65. The van der Waals surface area contributed by atoms with E-state index in [1.807, 2.05) is 20.8 Å². The first-order chi connectivity index (χ1) is 11.9. The Balaban J connectivity index is 2.06. The first-order valence-electron chi connectivity index (χ1n) is 8.60. The summed E-state index contributed by atoms with van der Waals surface area (Å²) in [5, 5.41) is 0. The van der Waals surface area contributed by atoms with Crippen LogP contribution in [-0.2, 0) is 14.8 Å². The number of benzene rings is 1. The fourth-order valence-corrected chi connectivity index (χ4v) is 4.15. The van der Waals surface area contributed by atoms with Crippen LogP contribution in [-0.4, -0.2) is 61.5 Å². The van der Waals surface area contributed by atoms with Gasteiger partial charge in [0.1, 0.15) is 0 Å². The molecule has 1 aromatic rings. The van der Waals surface area contributed by atoms with E-state index < -0.39 is 16.1 Å². The van der Waals surface area contributed by atoms with Crippen molar-refractivity contribution in [2.24, 2.45) is 11.1 Å². The highest BCUT2D eigenvalue weighted by atomic mass is 32.2. The summed E-state index contributed by atoms with van der Waals surface area (Å²) in [6.45, 7) is 8.21. The summed E-state index contributed by atoms with van der Waals surface area (Å²) in [4.78, 5) is 25.6. The molecule has 0 saturated carbocycles. The van der Waals surface area contributed by atoms with Crippen molar-refractivity contribution in [3.05, 3.63) is 29.8 Å². The SMILES string of the molecule is CC(=O)c1ccc(S(=O)(=O)N2CCN(C(=O)[C@@H](N)C(C)(C)C)CC2)cc1. The van der Waals surface area contributed by atoms with Gasteiger partial charge in [-0.05, 0) is 24.5 Å². The monoisotopic (exact) mass is 381 g/mol. The smallest absolute Gasteiger partial charge is 0.243 e. The molecule has 0 unspecified atom stereocenters. The third-order valence-electron chi connectivity index (χ3n) is 4.65. The topological polar surface area (TPSA) is 101 Å². The molecule has 0 bridgehead atoms. The highest BCUT2D eigenvalue weighted by molar-refractivity contribution is 7.89. The predicted octanol–water partition coefficient (Wildman–Crippen LogP) is 1.10. The molecule has 1 amide bonds. The molecule has 1 aromatic carbocycles. The molecule has 2 rings (SSSR count). The quantitative estimate of drug-likeness (QED) is 0.787. The Hall–Kier alpha value is -1.77. The minimum absolute atomic E-state index is 0.115. The van der Waals surface area contributed by atoms with E-state index in [0.29, 0.717) is 18.7 Å². The lowest BCUT2D eigenvalue weighted by Crippen LogP contribution is -2.56. The van der Waals surface area contributed by atoms with Gasteiger partial charge in [-0.15, -0.1) is 0 Å². The second kappa shape index (κ2) is 7.46. The van der Waals surface area contributed by atoms with Gasteiger partial charge in [0.15, 0.2) is 5.78 Å². The molecule has 8 heteroatoms. The molecule has 26 heavy (non-hydrogen) atoms. The number of carbonyl (C=O) groups is 2. The third kappa shape index (κ3) is 4.31. The second-order valence-electron chi connectivity index (χ2n) is 7.65. The van der Waals surface area contributed by atoms with Gasteiger partial charge in [-0.1, -0.05) is 32.9 Å². The largest absolute Gasteiger partial charge is 0.339 e. The lowest BCUT2D eigenvalue weighted by molar-refractivity contribution is -0.136. The van der Waals surface area contributed by atoms with Gasteiger partial charge < -0.3 is 10.6 Å². The first-order valence-corrected chi connectivity index (χ1v) is 10.0. The van der Waals surface area contributed by atoms with E-state index in [1.165, 1.54) is 35.5 Å². The Kier molecular flexibility index (Phi) is 5.89. The van der Waals surface area contributed by atoms with Crippen molar-refractivity contribution in [1.82, 2.24) is 9.21 Å². The lowest BCUT2D eigenvalue weighted by atomic mass is 9.86. The zero-order valence-electron chi connectivity index (χ0n) is 15.7. The molecule has 0 aliphatic carbocycles. The molecule has 7 nitrogen and oxygen atoms in total. The number of nitrogens with zero attached hydrogens (tertiary/aromatic N) is 2. The summed E-state index contributed by atoms with van der Waals surface area (Å²) in [5.74, 6) is -0.267. The van der Waals surface area contributed by atoms with Crippen molar-refractivity contribution in [2.45, 2.75) is 38.6 Å². The van der Waals surface area contributed by atoms with Crippen molar-refractivity contribution >= 4 is 21.7 Å². The fourth-order valence-electron chi connectivity index (χ4n) is 2.73. The molecule has 0 radical (unpaired) electrons. The molecule has 1 saturated heterocycles. The van der Waals surface area contributed by atoms with E-state index in [-0.39, 0.29) is 35.1 Å². The Labute approximate surface area is 155 Å². The van der Waals surface area contributed by atoms with E-state index in [0.717, 1.165) is 0 Å². The van der Waals surface area contributed by atoms with Crippen molar-refractivity contribution in [3.8, 4) is 0 Å². The van der Waals surface area contributed by atoms with E-state index in [4.69, 9.17) is 5.73 Å². The van der Waals surface area contributed by atoms with Crippen molar-refractivity contribution < 1.29 is 18.0 Å². The Morgan fingerprint density at radius 1 is 1.04 bits per heavy atom. The van der Waals surface area contributed by atoms with Crippen LogP contribution in [0.1, 0.15) is 38.1 Å². The molecule has 1 atom stereocenters. The van der Waals surface area contributed by atoms with Gasteiger partial charge in [-0.3, -0.25) is 9.59 Å². The number of nitrogens with two attached hydrogens (primary N) is 1. The molecule has 144 valence electrons. The van der Waals surface area contributed by atoms with Gasteiger partial charge in [0.25, 0.3) is 0 Å². The van der Waals surface area contributed by atoms with Crippen molar-refractivity contribution in [3.63, 3.8) is 0 Å². The number of amides is 1. The van der Waals surface area contributed by atoms with Crippen LogP contribution in [0.15, 0.2) is 29.2 Å². The Morgan fingerprint density at radius 3 is 1.96 bits per heavy atom. The van der Waals surface area contributed by atoms with Gasteiger partial charge in [-0.25, -0.2) is 8.42 Å². The van der Waals surface area contributed by atoms with Gasteiger partial charge in [-0.2, -0.15) is 4.31 Å². The molecule has 1 heterocycles. The van der Waals surface area contributed by atoms with Gasteiger partial charge >= 0.3 is 0 Å². The third-order valence-corrected chi connectivity index (χ3v) is 6.56. The number of sulfonamides is 1. The maximum Gasteiger partial charge on any atom is 0.243 e. The van der Waals surface area contributed by atoms with E-state index in [2.05, 4.69) is 0 Å². The Bertz CT molecular complexity index is 774. The number of ketones is 1. The molecular formula is C18H27N3O4S. The van der Waals surface area contributed by atoms with Crippen LogP contribution in [0.2, 0.25) is 0 Å². The summed E-state index contributed by atoms with van der Waals surface area (Å²) in [5.41, 5.74) is 6.14. The van der Waals surface area contributed by atoms with Gasteiger partial charge in [0, 0.05) is 31.7 Å². The highest BCUT2D eigenvalue weighted by Crippen LogP contribution is 2.22. The molecule has 0 aromatic heterocycles. The van der Waals surface area contributed by atoms with Crippen LogP contribution in [0, 0.1) is 5.41 Å². The van der Waals surface area contributed by atoms with Gasteiger partial charge in [0.05, 0.1) is 10.9 Å². The van der Waals surface area contributed by atoms with E-state index >= 15 is 0 Å². The van der Waals surface area contributed by atoms with Crippen LogP contribution >= 0.6 is 0 Å². The summed E-state index contributed by atoms with van der Waals surface area (Å²) >= 11 is 0. The number of carbonyl (C=O) groups excluding carboxylic acids is 2. The van der Waals surface area contributed by atoms with Crippen molar-refractivity contribution in [1.29, 1.82) is 0 Å². The molecule has 2 N–H and O–H groups in total. The summed E-state index contributed by atoms with van der Waals surface area (Å²) in [7, 11) is -3.65. The predicted molar refractivity (Wildman–Crippen MR) is 99.2 cm³/mol. The van der Waals surface area contributed by atoms with Gasteiger partial charge in [0.2, 0.25) is 15.9 Å². The molecular weight excluding hydrogens is 354 g/mol. The van der Waals surface area contributed by atoms with Crippen LogP contribution in [0.25, 0.3) is 0 Å². The van der Waals surface area contributed by atoms with Crippen molar-refractivity contribution in [2.75, 3.05) is 26.2 Å². The summed E-state index contributed by atoms with van der Waals surface area (Å²) in [6.07, 6.45) is 0. The maximum absolute atomic E-state index is 12.8. The van der Waals surface area contributed by atoms with Crippen LogP contribution in [0.3, 0.4) is 0 Å². The number of hydrogen-bond donors (Lipinski definition) is 1. The van der Waals surface area contributed by atoms with Crippen LogP contribution in [0.4, 0.5) is 0 Å². The highest BCUT2D eigenvalue weighted by Gasteiger charge is 2.35. The number of rotatable bonds is 4. The number of hydrogen-bond acceptors (Lipinski definition) is 5. The first kappa shape index (κ1) is 20.5. The average Bonchev–Trinajstić information content (AvgIpc) is 2.59. The number of piperazine rings is 1. The van der Waals surface area contributed by atoms with E-state index in [1.54, 1.807) is 4.90 Å². The molecule has 0 spiro atoms. The minimum Gasteiger partial charge on any atom is -0.339 e. The fraction of sp³-hybridized carbons (Fsp3) is 0.556. The summed E-state index contributed by atoms with van der Waals surface area (Å²) < 4.78 is 26.9. The average molecular weight is 381 g/mol. The van der Waals surface area contributed by atoms with Crippen LogP contribution in [0.5, 0.6) is 0 Å². The zero-order valence-corrected chi connectivity index (χ0v) is 16.5. The number of Topliss-reactive ketones (excluding diaryl/α,β-unsaturated/α-hetero) is 1. The standard InChI is InChI=1S/C18H27N3O4S/c1-13(22)14-5-7-15(8-6-14)26(24,25)21-11-9-20(10-12-21)17(23)16(19)18(2,3)4/h5-8,16H,9-12,19H2,1-4H3/t16-/m1/s1. The molecule has 1 aliphatic rings. The Morgan fingerprint density at radius 2 is 1.54 bits per heavy atom. The summed E-state index contributed by atoms with van der Waals surface area (Å²) in [6, 6.07) is 5.29. The maximum atomic E-state index is 12.8. The lowest BCUT2D eigenvalue weighted by Gasteiger charge is -2.37. The zero-order chi connectivity index (χ0) is 19.7. The normalized spacial score (nSPS) is 17.8. The van der Waals surface area contributed by atoms with E-state index in [9.17, 15) is 18.0 Å². The molecule has 1 aliphatic heterocycles. The van der Waals surface area contributed by atoms with Crippen LogP contribution < -0.4 is 5.73 Å². The molecule has 1 fully saturated rings.